The van der Waals surface area contributed by atoms with E-state index in [0.29, 0.717) is 5.56 Å². The number of hydrogen-bond donors (Lipinski definition) is 3. The van der Waals surface area contributed by atoms with E-state index in [-0.39, 0.29) is 17.9 Å². The molecule has 1 atom stereocenters. The molecular formula is C11H16N2O4S. The molecule has 0 aliphatic heterocycles. The molecule has 0 aromatic heterocycles. The van der Waals surface area contributed by atoms with Gasteiger partial charge in [-0.15, -0.1) is 0 Å². The van der Waals surface area contributed by atoms with Gasteiger partial charge in [-0.3, -0.25) is 0 Å². The molecule has 0 saturated heterocycles. The van der Waals surface area contributed by atoms with Crippen molar-refractivity contribution in [2.45, 2.75) is 23.1 Å². The van der Waals surface area contributed by atoms with Gasteiger partial charge in [-0.1, -0.05) is 12.1 Å². The van der Waals surface area contributed by atoms with Crippen LogP contribution in [0.2, 0.25) is 0 Å². The van der Waals surface area contributed by atoms with E-state index in [1.165, 1.54) is 18.2 Å². The van der Waals surface area contributed by atoms with Gasteiger partial charge in [0.25, 0.3) is 0 Å². The van der Waals surface area contributed by atoms with Crippen LogP contribution in [-0.2, 0) is 14.6 Å². The Balaban J connectivity index is 3.40. The maximum atomic E-state index is 12.3. The lowest BCUT2D eigenvalue weighted by atomic mass is 10.2. The summed E-state index contributed by atoms with van der Waals surface area (Å²) >= 11 is 0. The van der Waals surface area contributed by atoms with Crippen molar-refractivity contribution in [3.8, 4) is 0 Å². The minimum absolute atomic E-state index is 0.110. The normalized spacial score (nSPS) is 15.1. The molecule has 0 radical (unpaired) electrons. The highest BCUT2D eigenvalue weighted by Gasteiger charge is 2.47. The molecule has 0 aliphatic rings. The van der Waals surface area contributed by atoms with Gasteiger partial charge in [0.05, 0.1) is 4.90 Å². The zero-order valence-corrected chi connectivity index (χ0v) is 10.8. The molecule has 5 N–H and O–H groups in total. The second-order valence-electron chi connectivity index (χ2n) is 4.05. The number of benzene rings is 1. The van der Waals surface area contributed by atoms with E-state index in [4.69, 9.17) is 16.6 Å². The molecule has 100 valence electrons. The van der Waals surface area contributed by atoms with Crippen LogP contribution in [0.1, 0.15) is 12.0 Å². The predicted molar refractivity (Wildman–Crippen MR) is 66.6 cm³/mol. The van der Waals surface area contributed by atoms with E-state index >= 15 is 0 Å². The Morgan fingerprint density at radius 3 is 2.50 bits per heavy atom. The van der Waals surface area contributed by atoms with Gasteiger partial charge in [-0.2, -0.15) is 0 Å². The van der Waals surface area contributed by atoms with Gasteiger partial charge >= 0.3 is 5.97 Å². The third kappa shape index (κ3) is 2.38. The third-order valence-corrected chi connectivity index (χ3v) is 4.87. The van der Waals surface area contributed by atoms with Crippen LogP contribution in [0.4, 0.5) is 0 Å². The lowest BCUT2D eigenvalue weighted by Crippen LogP contribution is -2.55. The zero-order chi connectivity index (χ0) is 14.0. The predicted octanol–water partition coefficient (Wildman–Crippen LogP) is -0.143. The standard InChI is InChI=1S/C11H16N2O4S/c1-8-3-2-4-9(7-8)18(16,17)11(13,5-6-12)10(14)15/h2-4,7H,5-6,12-13H2,1H3,(H,14,15). The Kier molecular flexibility index (Phi) is 4.10. The summed E-state index contributed by atoms with van der Waals surface area (Å²) in [4.78, 5) is 8.65. The molecule has 0 aliphatic carbocycles. The van der Waals surface area contributed by atoms with Gasteiger partial charge in [-0.05, 0) is 31.2 Å². The Labute approximate surface area is 106 Å². The highest BCUT2D eigenvalue weighted by atomic mass is 32.2. The Morgan fingerprint density at radius 1 is 1.44 bits per heavy atom. The van der Waals surface area contributed by atoms with Crippen molar-refractivity contribution in [1.82, 2.24) is 0 Å². The lowest BCUT2D eigenvalue weighted by molar-refractivity contribution is -0.140. The fourth-order valence-electron chi connectivity index (χ4n) is 1.56. The molecule has 0 heterocycles. The van der Waals surface area contributed by atoms with Crippen LogP contribution in [-0.4, -0.2) is 30.9 Å². The molecule has 0 bridgehead atoms. The van der Waals surface area contributed by atoms with Gasteiger partial charge in [0.15, 0.2) is 0 Å². The summed E-state index contributed by atoms with van der Waals surface area (Å²) in [6.07, 6.45) is -0.349. The first-order valence-electron chi connectivity index (χ1n) is 5.29. The fourth-order valence-corrected chi connectivity index (χ4v) is 3.20. The monoisotopic (exact) mass is 272 g/mol. The summed E-state index contributed by atoms with van der Waals surface area (Å²) in [6.45, 7) is 1.58. The maximum Gasteiger partial charge on any atom is 0.340 e. The zero-order valence-electron chi connectivity index (χ0n) is 9.96. The van der Waals surface area contributed by atoms with Crippen molar-refractivity contribution >= 4 is 15.8 Å². The number of sulfone groups is 1. The average Bonchev–Trinajstić information content (AvgIpc) is 2.28. The molecule has 0 amide bonds. The number of carboxylic acids is 1. The largest absolute Gasteiger partial charge is 0.479 e. The van der Waals surface area contributed by atoms with Crippen LogP contribution in [0.5, 0.6) is 0 Å². The highest BCUT2D eigenvalue weighted by Crippen LogP contribution is 2.25. The summed E-state index contributed by atoms with van der Waals surface area (Å²) in [7, 11) is -4.19. The maximum absolute atomic E-state index is 12.3. The molecule has 1 aromatic rings. The van der Waals surface area contributed by atoms with Crippen LogP contribution >= 0.6 is 0 Å². The number of rotatable bonds is 5. The second kappa shape index (κ2) is 5.05. The van der Waals surface area contributed by atoms with Crippen molar-refractivity contribution in [1.29, 1.82) is 0 Å². The van der Waals surface area contributed by atoms with Crippen LogP contribution in [0.25, 0.3) is 0 Å². The molecule has 0 fully saturated rings. The van der Waals surface area contributed by atoms with Gasteiger partial charge < -0.3 is 16.6 Å². The van der Waals surface area contributed by atoms with E-state index in [0.717, 1.165) is 0 Å². The molecule has 7 heteroatoms. The molecule has 6 nitrogen and oxygen atoms in total. The third-order valence-electron chi connectivity index (χ3n) is 2.66. The van der Waals surface area contributed by atoms with Gasteiger partial charge in [0.1, 0.15) is 0 Å². The molecule has 1 aromatic carbocycles. The summed E-state index contributed by atoms with van der Waals surface area (Å²) in [6, 6.07) is 5.95. The molecule has 0 spiro atoms. The molecule has 1 unspecified atom stereocenters. The quantitative estimate of drug-likeness (QED) is 0.685. The fraction of sp³-hybridized carbons (Fsp3) is 0.364. The van der Waals surface area contributed by atoms with Crippen molar-refractivity contribution in [2.75, 3.05) is 6.54 Å². The van der Waals surface area contributed by atoms with E-state index in [1.54, 1.807) is 13.0 Å². The van der Waals surface area contributed by atoms with E-state index < -0.39 is 20.7 Å². The SMILES string of the molecule is Cc1cccc(S(=O)(=O)C(N)(CCN)C(=O)O)c1. The first-order valence-corrected chi connectivity index (χ1v) is 6.77. The lowest BCUT2D eigenvalue weighted by Gasteiger charge is -2.24. The Hall–Kier alpha value is -1.44. The van der Waals surface area contributed by atoms with E-state index in [2.05, 4.69) is 0 Å². The van der Waals surface area contributed by atoms with Gasteiger partial charge in [-0.25, -0.2) is 13.2 Å². The highest BCUT2D eigenvalue weighted by molar-refractivity contribution is 7.93. The van der Waals surface area contributed by atoms with Crippen molar-refractivity contribution in [3.05, 3.63) is 29.8 Å². The first-order chi connectivity index (χ1) is 8.25. The van der Waals surface area contributed by atoms with Crippen molar-refractivity contribution in [2.24, 2.45) is 11.5 Å². The molecular weight excluding hydrogens is 256 g/mol. The topological polar surface area (TPSA) is 123 Å². The number of aliphatic carboxylic acids is 1. The van der Waals surface area contributed by atoms with Crippen molar-refractivity contribution < 1.29 is 18.3 Å². The van der Waals surface area contributed by atoms with E-state index in [9.17, 15) is 13.2 Å². The Morgan fingerprint density at radius 2 is 2.06 bits per heavy atom. The van der Waals surface area contributed by atoms with Gasteiger partial charge in [0, 0.05) is 6.42 Å². The number of hydrogen-bond acceptors (Lipinski definition) is 5. The summed E-state index contributed by atoms with van der Waals surface area (Å²) in [5.41, 5.74) is 11.5. The average molecular weight is 272 g/mol. The van der Waals surface area contributed by atoms with Crippen LogP contribution in [0.3, 0.4) is 0 Å². The first kappa shape index (κ1) is 14.6. The smallest absolute Gasteiger partial charge is 0.340 e. The summed E-state index contributed by atoms with van der Waals surface area (Å²) in [5.74, 6) is -1.60. The van der Waals surface area contributed by atoms with Gasteiger partial charge in [0.2, 0.25) is 14.7 Å². The summed E-state index contributed by atoms with van der Waals surface area (Å²) in [5, 5.41) is 9.07. The minimum atomic E-state index is -4.19. The second-order valence-corrected chi connectivity index (χ2v) is 6.26. The number of carbonyl (C=O) groups is 1. The number of nitrogens with two attached hydrogens (primary N) is 2. The van der Waals surface area contributed by atoms with E-state index in [1.807, 2.05) is 0 Å². The van der Waals surface area contributed by atoms with Crippen molar-refractivity contribution in [3.63, 3.8) is 0 Å². The molecule has 0 saturated carbocycles. The molecule has 18 heavy (non-hydrogen) atoms. The van der Waals surface area contributed by atoms with Crippen LogP contribution < -0.4 is 11.5 Å². The van der Waals surface area contributed by atoms with Crippen LogP contribution in [0.15, 0.2) is 29.2 Å². The summed E-state index contributed by atoms with van der Waals surface area (Å²) < 4.78 is 24.6. The molecule has 1 rings (SSSR count). The number of carboxylic acid groups (broad SMARTS) is 1. The Bertz CT molecular complexity index is 556. The van der Waals surface area contributed by atoms with Crippen LogP contribution in [0, 0.1) is 6.92 Å². The number of aryl methyl sites for hydroxylation is 1. The minimum Gasteiger partial charge on any atom is -0.479 e.